The van der Waals surface area contributed by atoms with Crippen molar-refractivity contribution < 1.29 is 53.7 Å². The maximum absolute atomic E-state index is 14.0. The molecule has 6 aromatic carbocycles. The number of carbonyl (C=O) groups excluding carboxylic acids is 7. The molecule has 2 fully saturated rings. The third-order valence-corrected chi connectivity index (χ3v) is 18.1. The Morgan fingerprint density at radius 3 is 1.43 bits per heavy atom. The van der Waals surface area contributed by atoms with Crippen LogP contribution in [0.25, 0.3) is 0 Å². The molecule has 5 amide bonds. The number of rotatable bonds is 22. The topological polar surface area (TPSA) is 267 Å². The number of hydrogen-bond acceptors (Lipinski definition) is 13. The molecule has 2 saturated heterocycles. The Bertz CT molecular complexity index is 3540. The minimum absolute atomic E-state index is 0.0275. The van der Waals surface area contributed by atoms with Crippen LogP contribution in [-0.4, -0.2) is 153 Å². The fourth-order valence-electron chi connectivity index (χ4n) is 11.7. The highest BCUT2D eigenvalue weighted by Gasteiger charge is 2.37. The van der Waals surface area contributed by atoms with Gasteiger partial charge in [-0.15, -0.1) is 0 Å². The quantitative estimate of drug-likeness (QED) is 0.0295. The molecule has 6 aromatic rings. The van der Waals surface area contributed by atoms with E-state index in [0.29, 0.717) is 104 Å². The van der Waals surface area contributed by atoms with Crippen LogP contribution in [0.3, 0.4) is 0 Å². The van der Waals surface area contributed by atoms with E-state index in [4.69, 9.17) is 28.3 Å². The molecule has 492 valence electrons. The van der Waals surface area contributed by atoms with Crippen molar-refractivity contribution in [2.24, 2.45) is 0 Å². The number of piperidine rings is 2. The fourth-order valence-corrected chi connectivity index (χ4v) is 11.9. The summed E-state index contributed by atoms with van der Waals surface area (Å²) in [5.74, 6) is -2.68. The standard InChI is InChI=1S/C36H41ClN4O5.C26H33ClN4O3.C10H10O3/c1-24-21-28(11-12-30(24)37)38-35(45)31(17-20-40-18-15-29(42)16-19-40)39-36(46)32-22-26-9-5-6-10-27(26)23-41(32)34(44)14-13-33(43)25-7-3-2-4-8-25;1-17-14-20(6-7-22(17)27)29-25(33)23(10-13-31-11-8-21(32)9-12-31)30-26(34)24-15-18-4-2-3-5-19(18)16-28-24;11-9(6-7-10(12)13)8-4-2-1-3-5-8/h2-12,21,29,31-32,42H,13-20,22-23H2,1H3,(H,38,45)(H,39,46);2-7,14,21,23-24,28,32H,8-13,15-16H2,1H3,(H,29,33)(H,30,34);1-5H,6-7H2,(H,12,13)/t31-,32-;23-,24-;/m00./s1. The van der Waals surface area contributed by atoms with E-state index in [-0.39, 0.29) is 85.7 Å². The normalized spacial score (nSPS) is 17.2. The largest absolute Gasteiger partial charge is 0.481 e. The summed E-state index contributed by atoms with van der Waals surface area (Å²) < 4.78 is 0. The maximum Gasteiger partial charge on any atom is 0.303 e. The lowest BCUT2D eigenvalue weighted by Crippen LogP contribution is -2.56. The van der Waals surface area contributed by atoms with Gasteiger partial charge >= 0.3 is 5.97 Å². The number of Topliss-reactive ketones (excluding diaryl/α,β-unsaturated/α-hetero) is 2. The van der Waals surface area contributed by atoms with Gasteiger partial charge in [-0.25, -0.2) is 0 Å². The molecule has 0 unspecified atom stereocenters. The fraction of sp³-hybridized carbons (Fsp3) is 0.389. The van der Waals surface area contributed by atoms with Crippen LogP contribution in [0.1, 0.15) is 118 Å². The molecule has 4 heterocycles. The van der Waals surface area contributed by atoms with Gasteiger partial charge in [-0.2, -0.15) is 0 Å². The molecular weight excluding hydrogens is 1220 g/mol. The number of likely N-dealkylation sites (tertiary alicyclic amines) is 2. The molecule has 0 radical (unpaired) electrons. The van der Waals surface area contributed by atoms with Gasteiger partial charge in [0.25, 0.3) is 0 Å². The monoisotopic (exact) mass is 1310 g/mol. The zero-order valence-corrected chi connectivity index (χ0v) is 54.2. The van der Waals surface area contributed by atoms with Gasteiger partial charge in [-0.3, -0.25) is 38.4 Å². The van der Waals surface area contributed by atoms with Crippen LogP contribution in [0.4, 0.5) is 11.4 Å². The number of nitrogens with one attached hydrogen (secondary N) is 5. The first-order valence-electron chi connectivity index (χ1n) is 31.9. The van der Waals surface area contributed by atoms with Crippen molar-refractivity contribution in [1.82, 2.24) is 30.7 Å². The third-order valence-electron chi connectivity index (χ3n) is 17.3. The number of carboxylic acids is 1. The Morgan fingerprint density at radius 1 is 0.527 bits per heavy atom. The van der Waals surface area contributed by atoms with E-state index in [1.807, 2.05) is 74.5 Å². The molecule has 4 atom stereocenters. The Labute approximate surface area is 553 Å². The number of fused-ring (bicyclic) bond motifs is 2. The zero-order valence-electron chi connectivity index (χ0n) is 52.7. The number of amides is 5. The van der Waals surface area contributed by atoms with Crippen LogP contribution in [-0.2, 0) is 54.7 Å². The first-order valence-corrected chi connectivity index (χ1v) is 32.6. The second kappa shape index (κ2) is 35.2. The summed E-state index contributed by atoms with van der Waals surface area (Å²) in [6.07, 6.45) is 3.94. The predicted molar refractivity (Wildman–Crippen MR) is 359 cm³/mol. The van der Waals surface area contributed by atoms with E-state index in [0.717, 1.165) is 53.7 Å². The summed E-state index contributed by atoms with van der Waals surface area (Å²) in [6.45, 7) is 8.84. The number of aliphatic carboxylic acids is 1. The van der Waals surface area contributed by atoms with Gasteiger partial charge in [0.1, 0.15) is 18.1 Å². The molecular formula is C72H84Cl2N8O11. The molecule has 10 rings (SSSR count). The number of nitrogens with zero attached hydrogens (tertiary/aromatic N) is 3. The first-order chi connectivity index (χ1) is 44.8. The molecule has 0 bridgehead atoms. The highest BCUT2D eigenvalue weighted by Crippen LogP contribution is 2.27. The average molecular weight is 1310 g/mol. The zero-order chi connectivity index (χ0) is 66.4. The van der Waals surface area contributed by atoms with Crippen LogP contribution < -0.4 is 26.6 Å². The van der Waals surface area contributed by atoms with E-state index in [1.54, 1.807) is 83.8 Å². The molecule has 0 saturated carbocycles. The molecule has 8 N–H and O–H groups in total. The highest BCUT2D eigenvalue weighted by molar-refractivity contribution is 6.31. The lowest BCUT2D eigenvalue weighted by Gasteiger charge is -2.37. The van der Waals surface area contributed by atoms with Gasteiger partial charge in [0.15, 0.2) is 11.6 Å². The number of anilines is 2. The Kier molecular flexibility index (Phi) is 26.8. The first kappa shape index (κ1) is 70.7. The lowest BCUT2D eigenvalue weighted by molar-refractivity contribution is -0.142. The Hall–Kier alpha value is -8.14. The van der Waals surface area contributed by atoms with Crippen molar-refractivity contribution in [3.8, 4) is 0 Å². The lowest BCUT2D eigenvalue weighted by atomic mass is 9.92. The van der Waals surface area contributed by atoms with E-state index >= 15 is 0 Å². The molecule has 0 aromatic heterocycles. The number of halogens is 2. The number of hydrogen-bond donors (Lipinski definition) is 8. The van der Waals surface area contributed by atoms with Crippen molar-refractivity contribution in [2.75, 3.05) is 49.9 Å². The van der Waals surface area contributed by atoms with Crippen molar-refractivity contribution in [3.05, 3.63) is 200 Å². The van der Waals surface area contributed by atoms with Crippen LogP contribution in [0.5, 0.6) is 0 Å². The van der Waals surface area contributed by atoms with E-state index in [1.165, 1.54) is 5.56 Å². The molecule has 4 aliphatic heterocycles. The summed E-state index contributed by atoms with van der Waals surface area (Å²) >= 11 is 12.3. The summed E-state index contributed by atoms with van der Waals surface area (Å²) in [5.41, 5.74) is 8.30. The van der Waals surface area contributed by atoms with Gasteiger partial charge < -0.3 is 56.6 Å². The summed E-state index contributed by atoms with van der Waals surface area (Å²) in [5, 5.41) is 44.4. The minimum Gasteiger partial charge on any atom is -0.481 e. The number of carboxylic acid groups (broad SMARTS) is 1. The van der Waals surface area contributed by atoms with Gasteiger partial charge in [0, 0.05) is 111 Å². The van der Waals surface area contributed by atoms with E-state index in [9.17, 15) is 48.6 Å². The summed E-state index contributed by atoms with van der Waals surface area (Å²) in [6, 6.07) is 41.1. The van der Waals surface area contributed by atoms with Crippen molar-refractivity contribution >= 4 is 81.6 Å². The maximum atomic E-state index is 14.0. The van der Waals surface area contributed by atoms with E-state index < -0.39 is 30.0 Å². The number of ketones is 2. The summed E-state index contributed by atoms with van der Waals surface area (Å²) in [4.78, 5) is 108. The third kappa shape index (κ3) is 21.7. The van der Waals surface area contributed by atoms with Gasteiger partial charge in [-0.05, 0) is 129 Å². The van der Waals surface area contributed by atoms with Gasteiger partial charge in [-0.1, -0.05) is 132 Å². The van der Waals surface area contributed by atoms with Crippen LogP contribution in [0, 0.1) is 13.8 Å². The van der Waals surface area contributed by atoms with Crippen molar-refractivity contribution in [1.29, 1.82) is 0 Å². The van der Waals surface area contributed by atoms with E-state index in [2.05, 4.69) is 42.5 Å². The average Bonchev–Trinajstić information content (AvgIpc) is 0.855. The second-order valence-corrected chi connectivity index (χ2v) is 25.0. The van der Waals surface area contributed by atoms with Gasteiger partial charge in [0.05, 0.1) is 24.7 Å². The van der Waals surface area contributed by atoms with Gasteiger partial charge in [0.2, 0.25) is 29.5 Å². The molecule has 21 heteroatoms. The number of benzene rings is 6. The number of carbonyl (C=O) groups is 8. The summed E-state index contributed by atoms with van der Waals surface area (Å²) in [7, 11) is 0. The van der Waals surface area contributed by atoms with Crippen LogP contribution in [0.2, 0.25) is 10.0 Å². The van der Waals surface area contributed by atoms with Crippen LogP contribution in [0.15, 0.2) is 146 Å². The predicted octanol–water partition coefficient (Wildman–Crippen LogP) is 8.90. The number of aliphatic hydroxyl groups is 2. The highest BCUT2D eigenvalue weighted by atomic mass is 35.5. The molecule has 19 nitrogen and oxygen atoms in total. The smallest absolute Gasteiger partial charge is 0.303 e. The molecule has 0 spiro atoms. The molecule has 4 aliphatic rings. The van der Waals surface area contributed by atoms with Crippen molar-refractivity contribution in [2.45, 2.75) is 140 Å². The number of aliphatic hydroxyl groups excluding tert-OH is 2. The minimum atomic E-state index is -0.940. The molecule has 93 heavy (non-hydrogen) atoms. The van der Waals surface area contributed by atoms with Crippen LogP contribution >= 0.6 is 23.2 Å². The molecule has 0 aliphatic carbocycles. The SMILES string of the molecule is Cc1cc(NC(=O)[C@H](CCN2CCC(O)CC2)NC(=O)[C@@H]2Cc3ccccc3CN2)ccc1Cl.Cc1cc(NC(=O)[C@H](CCN2CCC(O)CC2)NC(=O)[C@@H]2Cc3ccccc3CN2C(=O)CCC(=O)c2ccccc2)ccc1Cl.O=C(O)CCC(=O)c1ccccc1. The second-order valence-electron chi connectivity index (χ2n) is 24.1. The Morgan fingerprint density at radius 2 is 0.957 bits per heavy atom. The Balaban J connectivity index is 0.000000206. The van der Waals surface area contributed by atoms with Crippen molar-refractivity contribution in [3.63, 3.8) is 0 Å². The number of aryl methyl sites for hydroxylation is 2.